The van der Waals surface area contributed by atoms with E-state index in [1.54, 1.807) is 12.3 Å². The van der Waals surface area contributed by atoms with Crippen molar-refractivity contribution in [1.29, 1.82) is 0 Å². The molecule has 0 aliphatic carbocycles. The summed E-state index contributed by atoms with van der Waals surface area (Å²) in [7, 11) is 0. The Morgan fingerprint density at radius 2 is 1.77 bits per heavy atom. The molecule has 1 aliphatic rings. The van der Waals surface area contributed by atoms with Gasteiger partial charge in [-0.2, -0.15) is 0 Å². The van der Waals surface area contributed by atoms with E-state index in [1.165, 1.54) is 5.56 Å². The lowest BCUT2D eigenvalue weighted by atomic mass is 10.1. The van der Waals surface area contributed by atoms with Gasteiger partial charge in [0.25, 0.3) is 5.91 Å². The van der Waals surface area contributed by atoms with Gasteiger partial charge in [0, 0.05) is 38.1 Å². The van der Waals surface area contributed by atoms with Crippen LogP contribution >= 0.6 is 0 Å². The van der Waals surface area contributed by atoms with Crippen LogP contribution in [0, 0.1) is 20.8 Å². The summed E-state index contributed by atoms with van der Waals surface area (Å²) in [5.74, 6) is 0.432. The van der Waals surface area contributed by atoms with Crippen molar-refractivity contribution in [1.82, 2.24) is 19.8 Å². The number of aromatic nitrogens is 2. The smallest absolute Gasteiger partial charge is 0.272 e. The highest BCUT2D eigenvalue weighted by Gasteiger charge is 2.22. The SMILES string of the molecule is CCN1CCN(C(=O)c2ccnc(Nc3c(C)cc(C)cc3C)n2)CC1. The molecule has 138 valence electrons. The molecule has 6 nitrogen and oxygen atoms in total. The average Bonchev–Trinajstić information content (AvgIpc) is 2.64. The van der Waals surface area contributed by atoms with Crippen LogP contribution in [-0.2, 0) is 0 Å². The molecular formula is C20H27N5O. The average molecular weight is 353 g/mol. The molecule has 6 heteroatoms. The number of piperazine rings is 1. The zero-order valence-corrected chi connectivity index (χ0v) is 16.0. The quantitative estimate of drug-likeness (QED) is 0.916. The van der Waals surface area contributed by atoms with Crippen LogP contribution in [0.1, 0.15) is 34.1 Å². The summed E-state index contributed by atoms with van der Waals surface area (Å²) in [6.07, 6.45) is 1.64. The third-order valence-corrected chi connectivity index (χ3v) is 4.90. The molecule has 1 aromatic carbocycles. The maximum atomic E-state index is 12.8. The van der Waals surface area contributed by atoms with Gasteiger partial charge >= 0.3 is 0 Å². The summed E-state index contributed by atoms with van der Waals surface area (Å²) in [5, 5.41) is 3.28. The highest BCUT2D eigenvalue weighted by molar-refractivity contribution is 5.92. The number of carbonyl (C=O) groups is 1. The maximum absolute atomic E-state index is 12.8. The predicted octanol–water partition coefficient (Wildman–Crippen LogP) is 2.92. The van der Waals surface area contributed by atoms with Crippen molar-refractivity contribution < 1.29 is 4.79 Å². The second kappa shape index (κ2) is 7.83. The number of hydrogen-bond acceptors (Lipinski definition) is 5. The molecule has 1 N–H and O–H groups in total. The molecule has 0 spiro atoms. The van der Waals surface area contributed by atoms with Crippen LogP contribution in [0.4, 0.5) is 11.6 Å². The molecule has 1 fully saturated rings. The fourth-order valence-corrected chi connectivity index (χ4v) is 3.46. The van der Waals surface area contributed by atoms with E-state index in [0.717, 1.165) is 49.5 Å². The van der Waals surface area contributed by atoms with Crippen molar-refractivity contribution in [2.24, 2.45) is 0 Å². The minimum absolute atomic E-state index is 0.0245. The molecule has 0 bridgehead atoms. The summed E-state index contributed by atoms with van der Waals surface area (Å²) in [4.78, 5) is 25.7. The van der Waals surface area contributed by atoms with E-state index >= 15 is 0 Å². The number of benzene rings is 1. The molecule has 2 heterocycles. The lowest BCUT2D eigenvalue weighted by molar-refractivity contribution is 0.0637. The Hall–Kier alpha value is -2.47. The summed E-state index contributed by atoms with van der Waals surface area (Å²) in [5.41, 5.74) is 4.94. The maximum Gasteiger partial charge on any atom is 0.272 e. The van der Waals surface area contributed by atoms with Crippen molar-refractivity contribution in [3.05, 3.63) is 46.8 Å². The highest BCUT2D eigenvalue weighted by atomic mass is 16.2. The van der Waals surface area contributed by atoms with Crippen molar-refractivity contribution in [3.8, 4) is 0 Å². The van der Waals surface area contributed by atoms with Gasteiger partial charge in [0.1, 0.15) is 5.69 Å². The number of aryl methyl sites for hydroxylation is 3. The van der Waals surface area contributed by atoms with E-state index in [2.05, 4.69) is 60.0 Å². The first-order valence-electron chi connectivity index (χ1n) is 9.17. The minimum Gasteiger partial charge on any atom is -0.335 e. The van der Waals surface area contributed by atoms with Crippen molar-refractivity contribution >= 4 is 17.5 Å². The molecule has 1 amide bonds. The highest BCUT2D eigenvalue weighted by Crippen LogP contribution is 2.24. The van der Waals surface area contributed by atoms with Crippen LogP contribution in [0.25, 0.3) is 0 Å². The van der Waals surface area contributed by atoms with E-state index in [4.69, 9.17) is 0 Å². The molecule has 0 unspecified atom stereocenters. The van der Waals surface area contributed by atoms with Gasteiger partial charge in [-0.05, 0) is 44.5 Å². The van der Waals surface area contributed by atoms with E-state index in [9.17, 15) is 4.79 Å². The number of likely N-dealkylation sites (N-methyl/N-ethyl adjacent to an activating group) is 1. The summed E-state index contributed by atoms with van der Waals surface area (Å²) in [6, 6.07) is 5.93. The first kappa shape index (κ1) is 18.3. The molecule has 2 aromatic rings. The number of nitrogens with zero attached hydrogens (tertiary/aromatic N) is 4. The Balaban J connectivity index is 1.76. The third-order valence-electron chi connectivity index (χ3n) is 4.90. The molecule has 26 heavy (non-hydrogen) atoms. The van der Waals surface area contributed by atoms with Gasteiger partial charge in [-0.3, -0.25) is 4.79 Å². The first-order chi connectivity index (χ1) is 12.5. The molecule has 0 radical (unpaired) electrons. The van der Waals surface area contributed by atoms with Crippen LogP contribution in [0.2, 0.25) is 0 Å². The second-order valence-electron chi connectivity index (χ2n) is 6.89. The molecule has 1 aromatic heterocycles. The van der Waals surface area contributed by atoms with E-state index in [-0.39, 0.29) is 5.91 Å². The van der Waals surface area contributed by atoms with Crippen LogP contribution in [-0.4, -0.2) is 58.4 Å². The number of amides is 1. The largest absolute Gasteiger partial charge is 0.335 e. The number of carbonyl (C=O) groups excluding carboxylic acids is 1. The number of hydrogen-bond donors (Lipinski definition) is 1. The number of nitrogens with one attached hydrogen (secondary N) is 1. The molecule has 1 saturated heterocycles. The molecule has 0 saturated carbocycles. The summed E-state index contributed by atoms with van der Waals surface area (Å²) in [6.45, 7) is 12.7. The van der Waals surface area contributed by atoms with Crippen LogP contribution in [0.3, 0.4) is 0 Å². The molecule has 3 rings (SSSR count). The van der Waals surface area contributed by atoms with Gasteiger partial charge in [-0.1, -0.05) is 24.6 Å². The standard InChI is InChI=1S/C20H27N5O/c1-5-24-8-10-25(11-9-24)19(26)17-6-7-21-20(22-17)23-18-15(3)12-14(2)13-16(18)4/h6-7,12-13H,5,8-11H2,1-4H3,(H,21,22,23). The minimum atomic E-state index is -0.0245. The zero-order valence-electron chi connectivity index (χ0n) is 16.0. The molecule has 0 atom stereocenters. The first-order valence-corrected chi connectivity index (χ1v) is 9.17. The second-order valence-corrected chi connectivity index (χ2v) is 6.89. The summed E-state index contributed by atoms with van der Waals surface area (Å²) >= 11 is 0. The van der Waals surface area contributed by atoms with Gasteiger partial charge < -0.3 is 15.1 Å². The van der Waals surface area contributed by atoms with Gasteiger partial charge in [0.15, 0.2) is 0 Å². The topological polar surface area (TPSA) is 61.4 Å². The van der Waals surface area contributed by atoms with Crippen LogP contribution in [0.5, 0.6) is 0 Å². The Morgan fingerprint density at radius 3 is 2.38 bits per heavy atom. The molecule has 1 aliphatic heterocycles. The lowest BCUT2D eigenvalue weighted by Crippen LogP contribution is -2.48. The number of anilines is 2. The van der Waals surface area contributed by atoms with Crippen molar-refractivity contribution in [2.75, 3.05) is 38.0 Å². The van der Waals surface area contributed by atoms with Crippen LogP contribution in [0.15, 0.2) is 24.4 Å². The predicted molar refractivity (Wildman–Crippen MR) is 104 cm³/mol. The van der Waals surface area contributed by atoms with Crippen LogP contribution < -0.4 is 5.32 Å². The summed E-state index contributed by atoms with van der Waals surface area (Å²) < 4.78 is 0. The normalized spacial score (nSPS) is 15.2. The van der Waals surface area contributed by atoms with Gasteiger partial charge in [0.05, 0.1) is 0 Å². The van der Waals surface area contributed by atoms with Crippen molar-refractivity contribution in [3.63, 3.8) is 0 Å². The lowest BCUT2D eigenvalue weighted by Gasteiger charge is -2.33. The van der Waals surface area contributed by atoms with Crippen molar-refractivity contribution in [2.45, 2.75) is 27.7 Å². The Labute approximate surface area is 155 Å². The van der Waals surface area contributed by atoms with Gasteiger partial charge in [-0.25, -0.2) is 9.97 Å². The zero-order chi connectivity index (χ0) is 18.7. The Morgan fingerprint density at radius 1 is 1.12 bits per heavy atom. The fraction of sp³-hybridized carbons (Fsp3) is 0.450. The van der Waals surface area contributed by atoms with E-state index < -0.39 is 0 Å². The number of rotatable bonds is 4. The fourth-order valence-electron chi connectivity index (χ4n) is 3.46. The van der Waals surface area contributed by atoms with E-state index in [1.807, 2.05) is 4.90 Å². The van der Waals surface area contributed by atoms with Gasteiger partial charge in [-0.15, -0.1) is 0 Å². The van der Waals surface area contributed by atoms with Gasteiger partial charge in [0.2, 0.25) is 5.95 Å². The third kappa shape index (κ3) is 4.02. The molecular weight excluding hydrogens is 326 g/mol. The monoisotopic (exact) mass is 353 g/mol. The van der Waals surface area contributed by atoms with E-state index in [0.29, 0.717) is 11.6 Å². The Bertz CT molecular complexity index is 774. The Kier molecular flexibility index (Phi) is 5.52.